The van der Waals surface area contributed by atoms with E-state index in [0.717, 1.165) is 24.2 Å². The van der Waals surface area contributed by atoms with Gasteiger partial charge in [-0.05, 0) is 17.2 Å². The van der Waals surface area contributed by atoms with Crippen molar-refractivity contribution in [1.82, 2.24) is 9.80 Å². The minimum atomic E-state index is -0.0483. The lowest BCUT2D eigenvalue weighted by atomic mass is 9.88. The van der Waals surface area contributed by atoms with Crippen LogP contribution < -0.4 is 0 Å². The van der Waals surface area contributed by atoms with Crippen LogP contribution in [0.25, 0.3) is 0 Å². The van der Waals surface area contributed by atoms with Crippen molar-refractivity contribution in [3.63, 3.8) is 0 Å². The fourth-order valence-corrected chi connectivity index (χ4v) is 3.78. The van der Waals surface area contributed by atoms with Crippen molar-refractivity contribution >= 4 is 17.5 Å². The Bertz CT molecular complexity index is 715. The summed E-state index contributed by atoms with van der Waals surface area (Å²) in [6.45, 7) is 3.89. The number of piperazine rings is 1. The molecule has 0 saturated carbocycles. The van der Waals surface area contributed by atoms with Gasteiger partial charge in [-0.1, -0.05) is 60.1 Å². The molecule has 1 heterocycles. The van der Waals surface area contributed by atoms with Gasteiger partial charge in [0.25, 0.3) is 0 Å². The zero-order valence-electron chi connectivity index (χ0n) is 14.9. The Balaban J connectivity index is 1.74. The number of halogens is 1. The SMILES string of the molecule is O=C(C[C@H](c1ccccc1)c1ccccc1Cl)N1CCN(CCO)CC1. The number of carbonyl (C=O) groups excluding carboxylic acids is 1. The summed E-state index contributed by atoms with van der Waals surface area (Å²) in [5.74, 6) is 0.107. The first-order valence-corrected chi connectivity index (χ1v) is 9.47. The van der Waals surface area contributed by atoms with E-state index >= 15 is 0 Å². The number of amides is 1. The highest BCUT2D eigenvalue weighted by Gasteiger charge is 2.26. The van der Waals surface area contributed by atoms with Crippen molar-refractivity contribution < 1.29 is 9.90 Å². The average Bonchev–Trinajstić information content (AvgIpc) is 2.68. The maximum atomic E-state index is 12.9. The van der Waals surface area contributed by atoms with Gasteiger partial charge in [0, 0.05) is 50.1 Å². The summed E-state index contributed by atoms with van der Waals surface area (Å²) in [4.78, 5) is 17.1. The van der Waals surface area contributed by atoms with Crippen LogP contribution in [0, 0.1) is 0 Å². The Hall–Kier alpha value is -1.88. The molecular formula is C21H25ClN2O2. The topological polar surface area (TPSA) is 43.8 Å². The van der Waals surface area contributed by atoms with E-state index in [1.54, 1.807) is 0 Å². The monoisotopic (exact) mass is 372 g/mol. The molecule has 2 aromatic rings. The van der Waals surface area contributed by atoms with Crippen molar-refractivity contribution in [1.29, 1.82) is 0 Å². The van der Waals surface area contributed by atoms with Gasteiger partial charge in [0.05, 0.1) is 6.61 Å². The van der Waals surface area contributed by atoms with Crippen molar-refractivity contribution in [2.75, 3.05) is 39.3 Å². The van der Waals surface area contributed by atoms with E-state index in [9.17, 15) is 4.79 Å². The summed E-state index contributed by atoms with van der Waals surface area (Å²) in [7, 11) is 0. The number of aliphatic hydroxyl groups excluding tert-OH is 1. The van der Waals surface area contributed by atoms with Crippen molar-refractivity contribution in [3.8, 4) is 0 Å². The Morgan fingerprint density at radius 1 is 1.00 bits per heavy atom. The van der Waals surface area contributed by atoms with Crippen LogP contribution >= 0.6 is 11.6 Å². The maximum absolute atomic E-state index is 12.9. The Morgan fingerprint density at radius 3 is 2.31 bits per heavy atom. The van der Waals surface area contributed by atoms with Crippen LogP contribution in [0.15, 0.2) is 54.6 Å². The standard InChI is InChI=1S/C21H25ClN2O2/c22-20-9-5-4-8-18(20)19(17-6-2-1-3-7-17)16-21(26)24-12-10-23(11-13-24)14-15-25/h1-9,19,25H,10-16H2/t19-/m1/s1. The molecule has 0 aliphatic carbocycles. The van der Waals surface area contributed by atoms with Crippen LogP contribution in [0.5, 0.6) is 0 Å². The first-order valence-electron chi connectivity index (χ1n) is 9.09. The van der Waals surface area contributed by atoms with E-state index in [4.69, 9.17) is 16.7 Å². The van der Waals surface area contributed by atoms with Gasteiger partial charge in [-0.3, -0.25) is 9.69 Å². The third kappa shape index (κ3) is 4.64. The number of hydrogen-bond donors (Lipinski definition) is 1. The highest BCUT2D eigenvalue weighted by Crippen LogP contribution is 2.33. The van der Waals surface area contributed by atoms with Gasteiger partial charge >= 0.3 is 0 Å². The molecule has 0 spiro atoms. The molecule has 0 radical (unpaired) electrons. The van der Waals surface area contributed by atoms with E-state index < -0.39 is 0 Å². The fourth-order valence-electron chi connectivity index (χ4n) is 3.52. The van der Waals surface area contributed by atoms with Gasteiger partial charge in [-0.15, -0.1) is 0 Å². The molecule has 3 rings (SSSR count). The molecule has 1 aliphatic heterocycles. The van der Waals surface area contributed by atoms with E-state index in [2.05, 4.69) is 17.0 Å². The molecule has 1 aliphatic rings. The lowest BCUT2D eigenvalue weighted by molar-refractivity contribution is -0.133. The number of aliphatic hydroxyl groups is 1. The van der Waals surface area contributed by atoms with Crippen LogP contribution in [-0.2, 0) is 4.79 Å². The lowest BCUT2D eigenvalue weighted by Crippen LogP contribution is -2.49. The molecule has 26 heavy (non-hydrogen) atoms. The number of benzene rings is 2. The number of β-amino-alcohol motifs (C(OH)–C–C–N with tert-alkyl or cyclic N) is 1. The number of hydrogen-bond acceptors (Lipinski definition) is 3. The van der Waals surface area contributed by atoms with Crippen molar-refractivity contribution in [2.45, 2.75) is 12.3 Å². The number of nitrogens with zero attached hydrogens (tertiary/aromatic N) is 2. The molecule has 0 aromatic heterocycles. The van der Waals surface area contributed by atoms with E-state index in [1.807, 2.05) is 47.4 Å². The summed E-state index contributed by atoms with van der Waals surface area (Å²) < 4.78 is 0. The number of rotatable bonds is 6. The van der Waals surface area contributed by atoms with Crippen LogP contribution in [0.2, 0.25) is 5.02 Å². The molecule has 1 amide bonds. The lowest BCUT2D eigenvalue weighted by Gasteiger charge is -2.35. The van der Waals surface area contributed by atoms with E-state index in [-0.39, 0.29) is 18.4 Å². The zero-order chi connectivity index (χ0) is 18.4. The van der Waals surface area contributed by atoms with Gasteiger partial charge in [-0.2, -0.15) is 0 Å². The summed E-state index contributed by atoms with van der Waals surface area (Å²) in [6.07, 6.45) is 0.410. The van der Waals surface area contributed by atoms with Crippen LogP contribution in [-0.4, -0.2) is 60.1 Å². The highest BCUT2D eigenvalue weighted by molar-refractivity contribution is 6.31. The van der Waals surface area contributed by atoms with E-state index in [1.165, 1.54) is 0 Å². The minimum Gasteiger partial charge on any atom is -0.395 e. The largest absolute Gasteiger partial charge is 0.395 e. The molecular weight excluding hydrogens is 348 g/mol. The predicted octanol–water partition coefficient (Wildman–Crippen LogP) is 3.00. The molecule has 138 valence electrons. The first-order chi connectivity index (χ1) is 12.7. The van der Waals surface area contributed by atoms with Crippen LogP contribution in [0.3, 0.4) is 0 Å². The summed E-state index contributed by atoms with van der Waals surface area (Å²) >= 11 is 6.44. The molecule has 1 N–H and O–H groups in total. The molecule has 1 atom stereocenters. The minimum absolute atomic E-state index is 0.0483. The summed E-state index contributed by atoms with van der Waals surface area (Å²) in [5.41, 5.74) is 2.10. The Labute approximate surface area is 160 Å². The van der Waals surface area contributed by atoms with Gasteiger partial charge in [-0.25, -0.2) is 0 Å². The Kier molecular flexibility index (Phi) is 6.67. The van der Waals surface area contributed by atoms with Gasteiger partial charge in [0.2, 0.25) is 5.91 Å². The first kappa shape index (κ1) is 18.9. The molecule has 1 saturated heterocycles. The normalized spacial score (nSPS) is 16.5. The summed E-state index contributed by atoms with van der Waals surface area (Å²) in [5, 5.41) is 9.75. The second kappa shape index (κ2) is 9.17. The number of carbonyl (C=O) groups is 1. The smallest absolute Gasteiger partial charge is 0.223 e. The summed E-state index contributed by atoms with van der Waals surface area (Å²) in [6, 6.07) is 17.9. The van der Waals surface area contributed by atoms with Gasteiger partial charge < -0.3 is 10.0 Å². The van der Waals surface area contributed by atoms with Gasteiger partial charge in [0.1, 0.15) is 0 Å². The molecule has 1 fully saturated rings. The van der Waals surface area contributed by atoms with Crippen molar-refractivity contribution in [3.05, 3.63) is 70.7 Å². The second-order valence-corrected chi connectivity index (χ2v) is 7.04. The highest BCUT2D eigenvalue weighted by atomic mass is 35.5. The van der Waals surface area contributed by atoms with Crippen LogP contribution in [0.4, 0.5) is 0 Å². The average molecular weight is 373 g/mol. The second-order valence-electron chi connectivity index (χ2n) is 6.63. The molecule has 0 bridgehead atoms. The maximum Gasteiger partial charge on any atom is 0.223 e. The molecule has 4 nitrogen and oxygen atoms in total. The third-order valence-electron chi connectivity index (χ3n) is 5.00. The zero-order valence-corrected chi connectivity index (χ0v) is 15.6. The van der Waals surface area contributed by atoms with Gasteiger partial charge in [0.15, 0.2) is 0 Å². The van der Waals surface area contributed by atoms with Crippen molar-refractivity contribution in [2.24, 2.45) is 0 Å². The Morgan fingerprint density at radius 2 is 1.65 bits per heavy atom. The fraction of sp³-hybridized carbons (Fsp3) is 0.381. The third-order valence-corrected chi connectivity index (χ3v) is 5.35. The predicted molar refractivity (Wildman–Crippen MR) is 104 cm³/mol. The van der Waals surface area contributed by atoms with Crippen LogP contribution in [0.1, 0.15) is 23.5 Å². The molecule has 5 heteroatoms. The molecule has 0 unspecified atom stereocenters. The molecule has 2 aromatic carbocycles. The van der Waals surface area contributed by atoms with E-state index in [0.29, 0.717) is 31.1 Å². The quantitative estimate of drug-likeness (QED) is 0.847.